The smallest absolute Gasteiger partial charge is 0.274 e. The molecular formula is C26H32N6O. The molecule has 33 heavy (non-hydrogen) atoms. The fourth-order valence-corrected chi connectivity index (χ4v) is 5.26. The molecule has 3 aromatic rings. The van der Waals surface area contributed by atoms with Crippen LogP contribution in [0.3, 0.4) is 0 Å². The van der Waals surface area contributed by atoms with Gasteiger partial charge >= 0.3 is 0 Å². The number of carbonyl (C=O) groups is 1. The number of piperidine rings is 1. The van der Waals surface area contributed by atoms with Gasteiger partial charge in [-0.15, -0.1) is 0 Å². The van der Waals surface area contributed by atoms with E-state index < -0.39 is 0 Å². The predicted molar refractivity (Wildman–Crippen MR) is 131 cm³/mol. The van der Waals surface area contributed by atoms with E-state index in [2.05, 4.69) is 45.5 Å². The van der Waals surface area contributed by atoms with Crippen LogP contribution in [-0.4, -0.2) is 46.9 Å². The predicted octanol–water partition coefficient (Wildman–Crippen LogP) is 4.33. The molecule has 7 heteroatoms. The third-order valence-electron chi connectivity index (χ3n) is 7.36. The molecule has 172 valence electrons. The van der Waals surface area contributed by atoms with Crippen molar-refractivity contribution in [2.45, 2.75) is 51.0 Å². The van der Waals surface area contributed by atoms with Crippen molar-refractivity contribution in [3.63, 3.8) is 0 Å². The summed E-state index contributed by atoms with van der Waals surface area (Å²) in [6.45, 7) is 6.35. The summed E-state index contributed by atoms with van der Waals surface area (Å²) in [6.07, 6.45) is 7.86. The molecule has 7 nitrogen and oxygen atoms in total. The molecule has 2 N–H and O–H groups in total. The maximum atomic E-state index is 13.2. The van der Waals surface area contributed by atoms with Gasteiger partial charge in [0.2, 0.25) is 0 Å². The van der Waals surface area contributed by atoms with Gasteiger partial charge in [-0.3, -0.25) is 9.48 Å². The first-order chi connectivity index (χ1) is 16.1. The average Bonchev–Trinajstić information content (AvgIpc) is 3.46. The van der Waals surface area contributed by atoms with Crippen LogP contribution in [0.15, 0.2) is 36.5 Å². The van der Waals surface area contributed by atoms with Gasteiger partial charge in [0, 0.05) is 30.4 Å². The average molecular weight is 445 g/mol. The lowest BCUT2D eigenvalue weighted by Crippen LogP contribution is -2.29. The number of fused-ring (bicyclic) bond motifs is 1. The second kappa shape index (κ2) is 8.45. The summed E-state index contributed by atoms with van der Waals surface area (Å²) in [5, 5.41) is 12.6. The maximum Gasteiger partial charge on any atom is 0.274 e. The highest BCUT2D eigenvalue weighted by Gasteiger charge is 2.28. The van der Waals surface area contributed by atoms with E-state index in [9.17, 15) is 4.79 Å². The topological polar surface area (TPSA) is 75.1 Å². The minimum Gasteiger partial charge on any atom is -0.356 e. The van der Waals surface area contributed by atoms with Crippen LogP contribution in [0.5, 0.6) is 0 Å². The van der Waals surface area contributed by atoms with E-state index in [0.29, 0.717) is 23.6 Å². The molecule has 1 amide bonds. The molecule has 0 spiro atoms. The number of benzene rings is 1. The number of aromatic nitrogens is 3. The van der Waals surface area contributed by atoms with Crippen LogP contribution in [0.4, 0.5) is 11.5 Å². The molecule has 1 aliphatic carbocycles. The Kier molecular flexibility index (Phi) is 5.29. The second-order valence-electron chi connectivity index (χ2n) is 10.0. The van der Waals surface area contributed by atoms with Crippen molar-refractivity contribution in [2.75, 3.05) is 36.4 Å². The minimum atomic E-state index is -0.143. The quantitative estimate of drug-likeness (QED) is 0.613. The van der Waals surface area contributed by atoms with Crippen molar-refractivity contribution in [3.05, 3.63) is 47.8 Å². The van der Waals surface area contributed by atoms with Gasteiger partial charge in [0.1, 0.15) is 11.5 Å². The lowest BCUT2D eigenvalue weighted by atomic mass is 10.1. The zero-order valence-corrected chi connectivity index (χ0v) is 19.3. The van der Waals surface area contributed by atoms with Gasteiger partial charge in [-0.25, -0.2) is 4.98 Å². The lowest BCUT2D eigenvalue weighted by molar-refractivity contribution is 0.102. The Balaban J connectivity index is 1.27. The van der Waals surface area contributed by atoms with E-state index in [-0.39, 0.29) is 5.91 Å². The van der Waals surface area contributed by atoms with Crippen LogP contribution in [0.2, 0.25) is 0 Å². The van der Waals surface area contributed by atoms with Gasteiger partial charge in [0.25, 0.3) is 5.91 Å². The standard InChI is InChI=1S/C26H32N6O/c1-17-9-12-31(15-17)25-4-2-3-22(28-25)26(33)29-24-13-19-16-32(20-7-10-27-11-8-20)30-23(19)14-21(24)18-5-6-18/h2-4,13-14,16-18,20,27H,5-12,15H2,1H3,(H,29,33). The summed E-state index contributed by atoms with van der Waals surface area (Å²) in [6, 6.07) is 10.5. The molecule has 3 aliphatic rings. The maximum absolute atomic E-state index is 13.2. The summed E-state index contributed by atoms with van der Waals surface area (Å²) in [5.41, 5.74) is 3.61. The largest absolute Gasteiger partial charge is 0.356 e. The molecule has 4 heterocycles. The fraction of sp³-hybridized carbons (Fsp3) is 0.500. The van der Waals surface area contributed by atoms with Gasteiger partial charge < -0.3 is 15.5 Å². The molecule has 6 rings (SSSR count). The van der Waals surface area contributed by atoms with Crippen molar-refractivity contribution in [3.8, 4) is 0 Å². The molecule has 2 aliphatic heterocycles. The molecule has 3 fully saturated rings. The van der Waals surface area contributed by atoms with Crippen molar-refractivity contribution in [1.82, 2.24) is 20.1 Å². The van der Waals surface area contributed by atoms with Crippen LogP contribution in [0.1, 0.15) is 67.0 Å². The summed E-state index contributed by atoms with van der Waals surface area (Å²) in [5.74, 6) is 1.94. The van der Waals surface area contributed by atoms with Crippen molar-refractivity contribution >= 4 is 28.3 Å². The third kappa shape index (κ3) is 4.22. The van der Waals surface area contributed by atoms with Gasteiger partial charge in [-0.05, 0) is 86.9 Å². The van der Waals surface area contributed by atoms with Gasteiger partial charge in [0.15, 0.2) is 0 Å². The summed E-state index contributed by atoms with van der Waals surface area (Å²) in [4.78, 5) is 20.2. The van der Waals surface area contributed by atoms with Crippen molar-refractivity contribution < 1.29 is 4.79 Å². The van der Waals surface area contributed by atoms with E-state index in [1.54, 1.807) is 0 Å². The lowest BCUT2D eigenvalue weighted by Gasteiger charge is -2.22. The van der Waals surface area contributed by atoms with E-state index in [0.717, 1.165) is 61.4 Å². The number of rotatable bonds is 5. The SMILES string of the molecule is CC1CCN(c2cccc(C(=O)Nc3cc4cn(C5CCNCC5)nc4cc3C3CC3)n2)C1. The Labute approximate surface area is 194 Å². The summed E-state index contributed by atoms with van der Waals surface area (Å²) in [7, 11) is 0. The number of hydrogen-bond acceptors (Lipinski definition) is 5. The van der Waals surface area contributed by atoms with Crippen LogP contribution in [-0.2, 0) is 0 Å². The number of pyridine rings is 1. The molecule has 0 bridgehead atoms. The molecule has 1 unspecified atom stereocenters. The molecule has 2 aromatic heterocycles. The third-order valence-corrected chi connectivity index (χ3v) is 7.36. The molecule has 1 atom stereocenters. The zero-order chi connectivity index (χ0) is 22.4. The van der Waals surface area contributed by atoms with Crippen molar-refractivity contribution in [2.24, 2.45) is 5.92 Å². The van der Waals surface area contributed by atoms with Gasteiger partial charge in [-0.1, -0.05) is 13.0 Å². The Hall–Kier alpha value is -2.93. The summed E-state index contributed by atoms with van der Waals surface area (Å²) >= 11 is 0. The number of hydrogen-bond donors (Lipinski definition) is 2. The van der Waals surface area contributed by atoms with Crippen LogP contribution in [0, 0.1) is 5.92 Å². The van der Waals surface area contributed by atoms with E-state index in [1.807, 2.05) is 18.2 Å². The number of nitrogens with one attached hydrogen (secondary N) is 2. The molecule has 0 radical (unpaired) electrons. The van der Waals surface area contributed by atoms with Crippen LogP contribution < -0.4 is 15.5 Å². The van der Waals surface area contributed by atoms with E-state index >= 15 is 0 Å². The molecule has 1 aromatic carbocycles. The highest BCUT2D eigenvalue weighted by atomic mass is 16.1. The highest BCUT2D eigenvalue weighted by molar-refractivity contribution is 6.04. The Morgan fingerprint density at radius 3 is 2.73 bits per heavy atom. The molecule has 1 saturated carbocycles. The van der Waals surface area contributed by atoms with Crippen LogP contribution >= 0.6 is 0 Å². The summed E-state index contributed by atoms with van der Waals surface area (Å²) < 4.78 is 2.13. The minimum absolute atomic E-state index is 0.143. The molecule has 2 saturated heterocycles. The number of nitrogens with zero attached hydrogens (tertiary/aromatic N) is 4. The Bertz CT molecular complexity index is 1180. The fourth-order valence-electron chi connectivity index (χ4n) is 5.26. The Morgan fingerprint density at radius 2 is 1.97 bits per heavy atom. The normalized spacial score (nSPS) is 21.6. The number of amides is 1. The van der Waals surface area contributed by atoms with Gasteiger partial charge in [-0.2, -0.15) is 5.10 Å². The monoisotopic (exact) mass is 444 g/mol. The van der Waals surface area contributed by atoms with Crippen LogP contribution in [0.25, 0.3) is 10.9 Å². The zero-order valence-electron chi connectivity index (χ0n) is 19.3. The number of anilines is 2. The van der Waals surface area contributed by atoms with E-state index in [1.165, 1.54) is 24.8 Å². The van der Waals surface area contributed by atoms with E-state index in [4.69, 9.17) is 10.1 Å². The highest BCUT2D eigenvalue weighted by Crippen LogP contribution is 2.45. The first-order valence-corrected chi connectivity index (χ1v) is 12.4. The van der Waals surface area contributed by atoms with Crippen molar-refractivity contribution in [1.29, 1.82) is 0 Å². The Morgan fingerprint density at radius 1 is 1.12 bits per heavy atom. The first-order valence-electron chi connectivity index (χ1n) is 12.4. The second-order valence-corrected chi connectivity index (χ2v) is 10.0. The van der Waals surface area contributed by atoms with Gasteiger partial charge in [0.05, 0.1) is 11.6 Å². The first kappa shape index (κ1) is 20.7. The molecular weight excluding hydrogens is 412 g/mol. The number of carbonyl (C=O) groups excluding carboxylic acids is 1.